The monoisotopic (exact) mass is 337 g/mol. The summed E-state index contributed by atoms with van der Waals surface area (Å²) in [5, 5.41) is 0.564. The summed E-state index contributed by atoms with van der Waals surface area (Å²) in [6, 6.07) is 16.9. The molecule has 1 N–H and O–H groups in total. The molecule has 120 valence electrons. The molecule has 1 unspecified atom stereocenters. The zero-order chi connectivity index (χ0) is 16.5. The maximum atomic E-state index is 13.1. The van der Waals surface area contributed by atoms with Gasteiger partial charge in [0.1, 0.15) is 6.04 Å². The Labute approximate surface area is 145 Å². The second-order valence-electron chi connectivity index (χ2n) is 5.84. The summed E-state index contributed by atoms with van der Waals surface area (Å²) in [4.78, 5) is 22.7. The first-order chi connectivity index (χ1) is 11.7. The third kappa shape index (κ3) is 2.59. The number of hydrogen-bond donors (Lipinski definition) is 1. The van der Waals surface area contributed by atoms with Crippen LogP contribution in [0.5, 0.6) is 0 Å². The molecule has 4 nitrogen and oxygen atoms in total. The lowest BCUT2D eigenvalue weighted by Crippen LogP contribution is -2.40. The van der Waals surface area contributed by atoms with E-state index in [0.29, 0.717) is 17.1 Å². The smallest absolute Gasteiger partial charge is 0.254 e. The van der Waals surface area contributed by atoms with E-state index in [4.69, 9.17) is 11.6 Å². The van der Waals surface area contributed by atoms with Gasteiger partial charge in [0.15, 0.2) is 0 Å². The average Bonchev–Trinajstić information content (AvgIpc) is 3.09. The molecule has 0 fully saturated rings. The van der Waals surface area contributed by atoms with Crippen LogP contribution in [0.4, 0.5) is 0 Å². The fourth-order valence-corrected chi connectivity index (χ4v) is 3.45. The largest absolute Gasteiger partial charge is 0.348 e. The summed E-state index contributed by atoms with van der Waals surface area (Å²) in [6.45, 7) is 0.639. The van der Waals surface area contributed by atoms with Gasteiger partial charge in [0, 0.05) is 29.2 Å². The van der Waals surface area contributed by atoms with E-state index in [9.17, 15) is 4.79 Å². The van der Waals surface area contributed by atoms with Crippen LogP contribution in [0.3, 0.4) is 0 Å². The van der Waals surface area contributed by atoms with E-state index in [2.05, 4.69) is 9.97 Å². The van der Waals surface area contributed by atoms with Gasteiger partial charge in [-0.25, -0.2) is 4.98 Å². The normalized spacial score (nSPS) is 16.7. The van der Waals surface area contributed by atoms with E-state index in [-0.39, 0.29) is 11.9 Å². The number of aromatic nitrogens is 2. The van der Waals surface area contributed by atoms with Gasteiger partial charge in [0.05, 0.1) is 12.0 Å². The number of carbonyl (C=O) groups is 1. The number of carbonyl (C=O) groups excluding carboxylic acids is 1. The number of fused-ring (bicyclic) bond motifs is 1. The van der Waals surface area contributed by atoms with Crippen molar-refractivity contribution in [1.82, 2.24) is 14.9 Å². The van der Waals surface area contributed by atoms with Gasteiger partial charge < -0.3 is 9.88 Å². The molecule has 1 aromatic heterocycles. The lowest BCUT2D eigenvalue weighted by atomic mass is 9.95. The molecule has 2 heterocycles. The summed E-state index contributed by atoms with van der Waals surface area (Å²) in [7, 11) is 0. The number of halogens is 1. The Kier molecular flexibility index (Phi) is 3.82. The van der Waals surface area contributed by atoms with Crippen molar-refractivity contribution in [3.8, 4) is 0 Å². The third-order valence-corrected chi connectivity index (χ3v) is 4.61. The van der Waals surface area contributed by atoms with Gasteiger partial charge in [-0.15, -0.1) is 0 Å². The Morgan fingerprint density at radius 1 is 1.17 bits per heavy atom. The predicted octanol–water partition coefficient (Wildman–Crippen LogP) is 3.85. The zero-order valence-electron chi connectivity index (χ0n) is 12.9. The number of aromatic amines is 1. The van der Waals surface area contributed by atoms with Gasteiger partial charge in [-0.1, -0.05) is 48.0 Å². The second kappa shape index (κ2) is 6.13. The number of nitrogens with one attached hydrogen (secondary N) is 1. The van der Waals surface area contributed by atoms with E-state index in [1.165, 1.54) is 0 Å². The molecule has 0 saturated carbocycles. The Morgan fingerprint density at radius 3 is 2.79 bits per heavy atom. The molecular weight excluding hydrogens is 322 g/mol. The quantitative estimate of drug-likeness (QED) is 0.772. The molecule has 5 heteroatoms. The second-order valence-corrected chi connectivity index (χ2v) is 6.27. The molecule has 1 amide bonds. The number of amides is 1. The van der Waals surface area contributed by atoms with E-state index >= 15 is 0 Å². The predicted molar refractivity (Wildman–Crippen MR) is 93.1 cm³/mol. The Hall–Kier alpha value is -2.59. The number of rotatable bonds is 2. The summed E-state index contributed by atoms with van der Waals surface area (Å²) in [5.74, 6) is -0.0278. The van der Waals surface area contributed by atoms with Crippen LogP contribution >= 0.6 is 11.6 Å². The lowest BCUT2D eigenvalue weighted by Gasteiger charge is -2.35. The summed E-state index contributed by atoms with van der Waals surface area (Å²) in [5.41, 5.74) is 3.67. The minimum Gasteiger partial charge on any atom is -0.348 e. The highest BCUT2D eigenvalue weighted by Crippen LogP contribution is 2.34. The summed E-state index contributed by atoms with van der Waals surface area (Å²) in [6.07, 6.45) is 2.47. The van der Waals surface area contributed by atoms with Crippen LogP contribution in [0.25, 0.3) is 0 Å². The maximum absolute atomic E-state index is 13.1. The number of H-pyrrole nitrogens is 1. The van der Waals surface area contributed by atoms with Gasteiger partial charge in [-0.05, 0) is 23.8 Å². The Balaban J connectivity index is 1.78. The van der Waals surface area contributed by atoms with Crippen LogP contribution < -0.4 is 0 Å². The standard InChI is InChI=1S/C19H16ClN3O/c20-15-8-4-7-14(11-15)19(24)23-10-9-16-17(22-12-21-16)18(23)13-5-2-1-3-6-13/h1-8,11-12,18H,9-10H2,(H,21,22). The molecule has 3 aromatic rings. The van der Waals surface area contributed by atoms with Gasteiger partial charge >= 0.3 is 0 Å². The van der Waals surface area contributed by atoms with Crippen molar-refractivity contribution in [2.75, 3.05) is 6.54 Å². The van der Waals surface area contributed by atoms with Crippen molar-refractivity contribution in [2.45, 2.75) is 12.5 Å². The van der Waals surface area contributed by atoms with Crippen molar-refractivity contribution >= 4 is 17.5 Å². The molecule has 0 spiro atoms. The van der Waals surface area contributed by atoms with Crippen LogP contribution in [0.1, 0.15) is 33.4 Å². The number of nitrogens with zero attached hydrogens (tertiary/aromatic N) is 2. The first-order valence-corrected chi connectivity index (χ1v) is 8.25. The molecule has 4 rings (SSSR count). The molecule has 1 atom stereocenters. The first-order valence-electron chi connectivity index (χ1n) is 7.87. The molecule has 0 radical (unpaired) electrons. The van der Waals surface area contributed by atoms with Crippen molar-refractivity contribution in [2.24, 2.45) is 0 Å². The summed E-state index contributed by atoms with van der Waals surface area (Å²) < 4.78 is 0. The van der Waals surface area contributed by atoms with Crippen molar-refractivity contribution in [1.29, 1.82) is 0 Å². The zero-order valence-corrected chi connectivity index (χ0v) is 13.7. The van der Waals surface area contributed by atoms with E-state index < -0.39 is 0 Å². The fraction of sp³-hybridized carbons (Fsp3) is 0.158. The number of imidazole rings is 1. The Morgan fingerprint density at radius 2 is 2.00 bits per heavy atom. The highest BCUT2D eigenvalue weighted by Gasteiger charge is 2.34. The van der Waals surface area contributed by atoms with Crippen LogP contribution in [0.2, 0.25) is 5.02 Å². The molecule has 24 heavy (non-hydrogen) atoms. The lowest BCUT2D eigenvalue weighted by molar-refractivity contribution is 0.0690. The fourth-order valence-electron chi connectivity index (χ4n) is 3.26. The first kappa shape index (κ1) is 15.0. The van der Waals surface area contributed by atoms with Crippen LogP contribution in [-0.4, -0.2) is 27.3 Å². The molecule has 0 aliphatic carbocycles. The highest BCUT2D eigenvalue weighted by atomic mass is 35.5. The van der Waals surface area contributed by atoms with Crippen molar-refractivity contribution < 1.29 is 4.79 Å². The summed E-state index contributed by atoms with van der Waals surface area (Å²) >= 11 is 6.06. The van der Waals surface area contributed by atoms with E-state index in [1.807, 2.05) is 35.2 Å². The minimum absolute atomic E-state index is 0.0278. The van der Waals surface area contributed by atoms with Gasteiger partial charge in [-0.2, -0.15) is 0 Å². The number of hydrogen-bond acceptors (Lipinski definition) is 2. The maximum Gasteiger partial charge on any atom is 0.254 e. The molecular formula is C19H16ClN3O. The van der Waals surface area contributed by atoms with Crippen LogP contribution in [-0.2, 0) is 6.42 Å². The van der Waals surface area contributed by atoms with Crippen LogP contribution in [0, 0.1) is 0 Å². The SMILES string of the molecule is O=C(c1cccc(Cl)c1)N1CCc2[nH]cnc2C1c1ccccc1. The topological polar surface area (TPSA) is 49.0 Å². The molecule has 1 aliphatic heterocycles. The molecule has 2 aromatic carbocycles. The molecule has 1 aliphatic rings. The van der Waals surface area contributed by atoms with Crippen molar-refractivity contribution in [3.63, 3.8) is 0 Å². The molecule has 0 saturated heterocycles. The average molecular weight is 338 g/mol. The third-order valence-electron chi connectivity index (χ3n) is 4.37. The Bertz CT molecular complexity index is 875. The van der Waals surface area contributed by atoms with Gasteiger partial charge in [0.2, 0.25) is 0 Å². The number of benzene rings is 2. The van der Waals surface area contributed by atoms with Gasteiger partial charge in [-0.3, -0.25) is 4.79 Å². The van der Waals surface area contributed by atoms with E-state index in [1.54, 1.807) is 30.6 Å². The molecule has 0 bridgehead atoms. The van der Waals surface area contributed by atoms with E-state index in [0.717, 1.165) is 23.4 Å². The van der Waals surface area contributed by atoms with Crippen LogP contribution in [0.15, 0.2) is 60.9 Å². The van der Waals surface area contributed by atoms with Gasteiger partial charge in [0.25, 0.3) is 5.91 Å². The highest BCUT2D eigenvalue weighted by molar-refractivity contribution is 6.30. The minimum atomic E-state index is -0.187. The van der Waals surface area contributed by atoms with Crippen molar-refractivity contribution in [3.05, 3.63) is 88.5 Å².